The molecule has 1 amide bonds. The smallest absolute Gasteiger partial charge is 0.256 e. The van der Waals surface area contributed by atoms with E-state index < -0.39 is 0 Å². The van der Waals surface area contributed by atoms with Gasteiger partial charge in [0, 0.05) is 21.7 Å². The molecule has 4 aromatic rings. The molecule has 0 radical (unpaired) electrons. The molecule has 0 aliphatic heterocycles. The maximum Gasteiger partial charge on any atom is 0.256 e. The molecule has 0 atom stereocenters. The summed E-state index contributed by atoms with van der Waals surface area (Å²) < 4.78 is 13.4. The molecule has 0 aliphatic carbocycles. The number of halogens is 3. The third kappa shape index (κ3) is 5.31. The molecule has 0 aliphatic rings. The molecular formula is C23H15Cl2FN4OS. The Morgan fingerprint density at radius 3 is 2.50 bits per heavy atom. The number of aromatic nitrogens is 1. The lowest BCUT2D eigenvalue weighted by molar-refractivity contribution is 0.102. The Hall–Kier alpha value is -3.26. The number of hydrazone groups is 1. The van der Waals surface area contributed by atoms with Crippen molar-refractivity contribution in [1.82, 2.24) is 4.98 Å². The first-order valence-electron chi connectivity index (χ1n) is 9.37. The molecule has 0 fully saturated rings. The van der Waals surface area contributed by atoms with E-state index >= 15 is 0 Å². The molecule has 9 heteroatoms. The maximum absolute atomic E-state index is 13.4. The molecule has 160 valence electrons. The quantitative estimate of drug-likeness (QED) is 0.229. The summed E-state index contributed by atoms with van der Waals surface area (Å²) in [4.78, 5) is 17.2. The predicted octanol–water partition coefficient (Wildman–Crippen LogP) is 6.95. The first-order chi connectivity index (χ1) is 15.5. The Bertz CT molecular complexity index is 1280. The SMILES string of the molecule is O=C(Nc1sc(N/N=C/c2ccc(Cl)cc2Cl)nc1-c1ccc(F)cc1)c1ccccc1. The molecular weight excluding hydrogens is 470 g/mol. The number of carbonyl (C=O) groups is 1. The fraction of sp³-hybridized carbons (Fsp3) is 0. The highest BCUT2D eigenvalue weighted by Gasteiger charge is 2.16. The van der Waals surface area contributed by atoms with Crippen molar-refractivity contribution in [3.05, 3.63) is 99.8 Å². The summed E-state index contributed by atoms with van der Waals surface area (Å²) in [6.07, 6.45) is 1.54. The maximum atomic E-state index is 13.4. The molecule has 0 spiro atoms. The van der Waals surface area contributed by atoms with E-state index in [4.69, 9.17) is 23.2 Å². The van der Waals surface area contributed by atoms with Gasteiger partial charge >= 0.3 is 0 Å². The van der Waals surface area contributed by atoms with Crippen LogP contribution >= 0.6 is 34.5 Å². The fourth-order valence-electron chi connectivity index (χ4n) is 2.78. The van der Waals surface area contributed by atoms with E-state index in [0.717, 1.165) is 0 Å². The van der Waals surface area contributed by atoms with Gasteiger partial charge in [0.1, 0.15) is 16.5 Å². The van der Waals surface area contributed by atoms with E-state index in [1.807, 2.05) is 6.07 Å². The lowest BCUT2D eigenvalue weighted by atomic mass is 10.1. The van der Waals surface area contributed by atoms with Gasteiger partial charge in [0.15, 0.2) is 0 Å². The molecule has 3 aromatic carbocycles. The summed E-state index contributed by atoms with van der Waals surface area (Å²) in [7, 11) is 0. The van der Waals surface area contributed by atoms with Crippen LogP contribution in [0.25, 0.3) is 11.3 Å². The number of hydrogen-bond acceptors (Lipinski definition) is 5. The Kier molecular flexibility index (Phi) is 6.80. The monoisotopic (exact) mass is 484 g/mol. The fourth-order valence-corrected chi connectivity index (χ4v) is 4.07. The highest BCUT2D eigenvalue weighted by atomic mass is 35.5. The average molecular weight is 485 g/mol. The summed E-state index contributed by atoms with van der Waals surface area (Å²) in [5.41, 5.74) is 5.19. The largest absolute Gasteiger partial charge is 0.312 e. The first kappa shape index (κ1) is 22.0. The van der Waals surface area contributed by atoms with Crippen LogP contribution < -0.4 is 10.7 Å². The molecule has 0 saturated heterocycles. The highest BCUT2D eigenvalue weighted by Crippen LogP contribution is 2.36. The molecule has 4 rings (SSSR count). The third-order valence-electron chi connectivity index (χ3n) is 4.33. The first-order valence-corrected chi connectivity index (χ1v) is 10.9. The summed E-state index contributed by atoms with van der Waals surface area (Å²) >= 11 is 13.3. The van der Waals surface area contributed by atoms with Crippen molar-refractivity contribution in [2.75, 3.05) is 10.7 Å². The number of carbonyl (C=O) groups excluding carboxylic acids is 1. The van der Waals surface area contributed by atoms with Crippen LogP contribution in [0.5, 0.6) is 0 Å². The summed E-state index contributed by atoms with van der Waals surface area (Å²) in [6, 6.07) is 19.8. The lowest BCUT2D eigenvalue weighted by Gasteiger charge is -2.05. The van der Waals surface area contributed by atoms with Gasteiger partial charge in [-0.05, 0) is 48.5 Å². The average Bonchev–Trinajstić information content (AvgIpc) is 3.18. The van der Waals surface area contributed by atoms with E-state index in [1.165, 1.54) is 23.5 Å². The van der Waals surface area contributed by atoms with Gasteiger partial charge in [0.2, 0.25) is 5.13 Å². The van der Waals surface area contributed by atoms with Crippen LogP contribution in [0.1, 0.15) is 15.9 Å². The number of nitrogens with zero attached hydrogens (tertiary/aromatic N) is 2. The Labute approximate surface area is 197 Å². The van der Waals surface area contributed by atoms with Crippen LogP contribution in [-0.4, -0.2) is 17.1 Å². The number of rotatable bonds is 6. The molecule has 1 aromatic heterocycles. The summed E-state index contributed by atoms with van der Waals surface area (Å²) in [5, 5.41) is 8.99. The predicted molar refractivity (Wildman–Crippen MR) is 130 cm³/mol. The van der Waals surface area contributed by atoms with Crippen LogP contribution in [0.3, 0.4) is 0 Å². The van der Waals surface area contributed by atoms with Crippen LogP contribution in [0.15, 0.2) is 77.9 Å². The molecule has 2 N–H and O–H groups in total. The Balaban J connectivity index is 1.60. The van der Waals surface area contributed by atoms with Gasteiger partial charge in [-0.25, -0.2) is 9.37 Å². The minimum Gasteiger partial charge on any atom is -0.312 e. The van der Waals surface area contributed by atoms with Crippen molar-refractivity contribution in [2.45, 2.75) is 0 Å². The van der Waals surface area contributed by atoms with Crippen LogP contribution in [-0.2, 0) is 0 Å². The molecule has 5 nitrogen and oxygen atoms in total. The molecule has 1 heterocycles. The molecule has 32 heavy (non-hydrogen) atoms. The number of hydrogen-bond donors (Lipinski definition) is 2. The van der Waals surface area contributed by atoms with Crippen molar-refractivity contribution in [3.8, 4) is 11.3 Å². The lowest BCUT2D eigenvalue weighted by Crippen LogP contribution is -2.11. The van der Waals surface area contributed by atoms with Crippen molar-refractivity contribution in [3.63, 3.8) is 0 Å². The van der Waals surface area contributed by atoms with Crippen molar-refractivity contribution >= 4 is 56.8 Å². The minimum absolute atomic E-state index is 0.277. The van der Waals surface area contributed by atoms with Gasteiger partial charge in [-0.3, -0.25) is 10.2 Å². The second kappa shape index (κ2) is 9.91. The molecule has 0 unspecified atom stereocenters. The highest BCUT2D eigenvalue weighted by molar-refractivity contribution is 7.20. The van der Waals surface area contributed by atoms with Crippen LogP contribution in [0, 0.1) is 5.82 Å². The van der Waals surface area contributed by atoms with Gasteiger partial charge < -0.3 is 5.32 Å². The third-order valence-corrected chi connectivity index (χ3v) is 5.77. The van der Waals surface area contributed by atoms with E-state index in [1.54, 1.807) is 60.8 Å². The number of amides is 1. The minimum atomic E-state index is -0.360. The number of nitrogens with one attached hydrogen (secondary N) is 2. The summed E-state index contributed by atoms with van der Waals surface area (Å²) in [6.45, 7) is 0. The normalized spacial score (nSPS) is 11.0. The second-order valence-corrected chi connectivity index (χ2v) is 8.40. The van der Waals surface area contributed by atoms with E-state index in [0.29, 0.717) is 42.6 Å². The zero-order valence-corrected chi connectivity index (χ0v) is 18.7. The summed E-state index contributed by atoms with van der Waals surface area (Å²) in [5.74, 6) is -0.637. The van der Waals surface area contributed by atoms with Gasteiger partial charge in [-0.1, -0.05) is 58.8 Å². The van der Waals surface area contributed by atoms with Crippen molar-refractivity contribution in [1.29, 1.82) is 0 Å². The second-order valence-electron chi connectivity index (χ2n) is 6.56. The van der Waals surface area contributed by atoms with E-state index in [2.05, 4.69) is 20.8 Å². The van der Waals surface area contributed by atoms with Crippen LogP contribution in [0.4, 0.5) is 14.5 Å². The van der Waals surface area contributed by atoms with Gasteiger partial charge in [-0.15, -0.1) is 0 Å². The molecule has 0 saturated carbocycles. The number of anilines is 2. The van der Waals surface area contributed by atoms with Gasteiger partial charge in [0.25, 0.3) is 5.91 Å². The van der Waals surface area contributed by atoms with E-state index in [9.17, 15) is 9.18 Å². The molecule has 0 bridgehead atoms. The van der Waals surface area contributed by atoms with Gasteiger partial charge in [0.05, 0.1) is 11.2 Å². The zero-order valence-electron chi connectivity index (χ0n) is 16.4. The standard InChI is InChI=1S/C23H15Cl2FN4OS/c24-17-9-6-16(19(25)12-17)13-27-30-23-28-20(14-7-10-18(26)11-8-14)22(32-23)29-21(31)15-4-2-1-3-5-15/h1-13H,(H,28,30)(H,29,31)/b27-13+. The Morgan fingerprint density at radius 2 is 1.78 bits per heavy atom. The van der Waals surface area contributed by atoms with E-state index in [-0.39, 0.29) is 11.7 Å². The number of benzene rings is 3. The topological polar surface area (TPSA) is 66.4 Å². The zero-order chi connectivity index (χ0) is 22.5. The van der Waals surface area contributed by atoms with Crippen LogP contribution in [0.2, 0.25) is 10.0 Å². The Morgan fingerprint density at radius 1 is 1.03 bits per heavy atom. The number of thiazole rings is 1. The van der Waals surface area contributed by atoms with Crippen molar-refractivity contribution < 1.29 is 9.18 Å². The van der Waals surface area contributed by atoms with Gasteiger partial charge in [-0.2, -0.15) is 5.10 Å². The van der Waals surface area contributed by atoms with Crippen molar-refractivity contribution in [2.24, 2.45) is 5.10 Å².